The molecule has 5 rings (SSSR count). The molecule has 8 nitrogen and oxygen atoms in total. The number of amides is 1. The molecule has 1 saturated carbocycles. The zero-order chi connectivity index (χ0) is 23.5. The molecular weight excluding hydrogens is 456 g/mol. The number of hydrogen-bond acceptors (Lipinski definition) is 6. The Bertz CT molecular complexity index is 1060. The van der Waals surface area contributed by atoms with Gasteiger partial charge in [0.25, 0.3) is 5.56 Å². The second-order valence-corrected chi connectivity index (χ2v) is 9.84. The van der Waals surface area contributed by atoms with Crippen molar-refractivity contribution in [3.05, 3.63) is 45.8 Å². The number of nitrogens with one attached hydrogen (secondary N) is 1. The van der Waals surface area contributed by atoms with E-state index in [1.165, 1.54) is 4.68 Å². The molecule has 1 N–H and O–H groups in total. The summed E-state index contributed by atoms with van der Waals surface area (Å²) in [6.45, 7) is 3.75. The molecule has 3 fully saturated rings. The van der Waals surface area contributed by atoms with Gasteiger partial charge in [0.2, 0.25) is 5.91 Å². The van der Waals surface area contributed by atoms with Gasteiger partial charge in [-0.15, -0.1) is 0 Å². The van der Waals surface area contributed by atoms with Gasteiger partial charge in [-0.25, -0.2) is 0 Å². The Kier molecular flexibility index (Phi) is 7.06. The highest BCUT2D eigenvalue weighted by Crippen LogP contribution is 2.32. The van der Waals surface area contributed by atoms with Crippen LogP contribution in [0.1, 0.15) is 38.5 Å². The van der Waals surface area contributed by atoms with Crippen LogP contribution in [0.4, 0.5) is 5.69 Å². The lowest BCUT2D eigenvalue weighted by atomic mass is 10.0. The van der Waals surface area contributed by atoms with E-state index in [1.807, 2.05) is 17.0 Å². The number of carbonyl (C=O) groups is 1. The molecule has 2 aliphatic heterocycles. The van der Waals surface area contributed by atoms with Crippen molar-refractivity contribution >= 4 is 23.2 Å². The lowest BCUT2D eigenvalue weighted by Crippen LogP contribution is -2.42. The van der Waals surface area contributed by atoms with Crippen molar-refractivity contribution in [2.75, 3.05) is 38.2 Å². The summed E-state index contributed by atoms with van der Waals surface area (Å²) in [6.07, 6.45) is 7.58. The van der Waals surface area contributed by atoms with E-state index in [2.05, 4.69) is 10.4 Å². The highest BCUT2D eigenvalue weighted by Gasteiger charge is 2.35. The van der Waals surface area contributed by atoms with Crippen LogP contribution in [-0.2, 0) is 9.53 Å². The van der Waals surface area contributed by atoms with E-state index in [0.29, 0.717) is 29.7 Å². The maximum Gasteiger partial charge on any atom is 0.292 e. The Morgan fingerprint density at radius 2 is 1.91 bits per heavy atom. The first-order valence-corrected chi connectivity index (χ1v) is 12.6. The molecule has 182 valence electrons. The van der Waals surface area contributed by atoms with E-state index < -0.39 is 0 Å². The fourth-order valence-corrected chi connectivity index (χ4v) is 4.80. The minimum atomic E-state index is -0.368. The van der Waals surface area contributed by atoms with Crippen molar-refractivity contribution in [3.8, 4) is 11.4 Å². The Morgan fingerprint density at radius 3 is 2.59 bits per heavy atom. The molecule has 3 heterocycles. The first-order chi connectivity index (χ1) is 16.6. The summed E-state index contributed by atoms with van der Waals surface area (Å²) in [5, 5.41) is 7.68. The Hall–Kier alpha value is -2.58. The number of benzene rings is 1. The molecule has 1 amide bonds. The standard InChI is InChI=1S/C25H31ClN4O4/c26-23-22(27-14-17-2-1-13-33-16-17)15-28-30(25(23)32)19-5-7-20(8-6-19)34-21-9-11-29(12-10-21)24(31)18-3-4-18/h5-8,15,17-18,21,27H,1-4,9-14,16H2/t17-/m1/s1. The lowest BCUT2D eigenvalue weighted by molar-refractivity contribution is -0.134. The number of anilines is 1. The maximum atomic E-state index is 12.8. The molecule has 1 aromatic heterocycles. The molecule has 2 aromatic rings. The summed E-state index contributed by atoms with van der Waals surface area (Å²) in [5.74, 6) is 1.73. The number of likely N-dealkylation sites (tertiary alicyclic amines) is 1. The van der Waals surface area contributed by atoms with Crippen molar-refractivity contribution in [2.45, 2.75) is 44.6 Å². The van der Waals surface area contributed by atoms with Gasteiger partial charge in [-0.2, -0.15) is 9.78 Å². The van der Waals surface area contributed by atoms with Crippen LogP contribution in [0.15, 0.2) is 35.3 Å². The highest BCUT2D eigenvalue weighted by molar-refractivity contribution is 6.32. The van der Waals surface area contributed by atoms with Gasteiger partial charge in [-0.1, -0.05) is 11.6 Å². The molecule has 0 spiro atoms. The number of carbonyl (C=O) groups excluding carboxylic acids is 1. The van der Waals surface area contributed by atoms with E-state index in [0.717, 1.165) is 70.6 Å². The van der Waals surface area contributed by atoms with Crippen LogP contribution in [0.3, 0.4) is 0 Å². The van der Waals surface area contributed by atoms with Crippen molar-refractivity contribution in [1.29, 1.82) is 0 Å². The molecule has 1 aliphatic carbocycles. The van der Waals surface area contributed by atoms with Crippen LogP contribution in [0.5, 0.6) is 5.75 Å². The number of rotatable bonds is 7. The highest BCUT2D eigenvalue weighted by atomic mass is 35.5. The zero-order valence-electron chi connectivity index (χ0n) is 19.2. The van der Waals surface area contributed by atoms with Crippen LogP contribution in [0.2, 0.25) is 5.02 Å². The molecule has 1 atom stereocenters. The van der Waals surface area contributed by atoms with Gasteiger partial charge in [-0.3, -0.25) is 9.59 Å². The molecule has 0 bridgehead atoms. The topological polar surface area (TPSA) is 85.7 Å². The van der Waals surface area contributed by atoms with E-state index in [1.54, 1.807) is 18.3 Å². The molecule has 34 heavy (non-hydrogen) atoms. The SMILES string of the molecule is O=C(C1CC1)N1CCC(Oc2ccc(-n3ncc(NC[C@H]4CCCOC4)c(Cl)c3=O)cc2)CC1. The maximum absolute atomic E-state index is 12.8. The number of ether oxygens (including phenoxy) is 2. The Balaban J connectivity index is 1.17. The van der Waals surface area contributed by atoms with Gasteiger partial charge in [0.15, 0.2) is 0 Å². The van der Waals surface area contributed by atoms with Crippen LogP contribution in [0, 0.1) is 11.8 Å². The third kappa shape index (κ3) is 5.39. The molecule has 0 unspecified atom stereocenters. The molecule has 2 saturated heterocycles. The van der Waals surface area contributed by atoms with Gasteiger partial charge in [0, 0.05) is 45.0 Å². The van der Waals surface area contributed by atoms with Gasteiger partial charge in [0.05, 0.1) is 24.2 Å². The van der Waals surface area contributed by atoms with Gasteiger partial charge < -0.3 is 19.7 Å². The zero-order valence-corrected chi connectivity index (χ0v) is 20.0. The molecule has 0 radical (unpaired) electrons. The monoisotopic (exact) mass is 486 g/mol. The van der Waals surface area contributed by atoms with Crippen LogP contribution < -0.4 is 15.6 Å². The summed E-state index contributed by atoms with van der Waals surface area (Å²) in [5.41, 5.74) is 0.796. The largest absolute Gasteiger partial charge is 0.490 e. The summed E-state index contributed by atoms with van der Waals surface area (Å²) >= 11 is 6.36. The van der Waals surface area contributed by atoms with Crippen LogP contribution in [0.25, 0.3) is 5.69 Å². The second-order valence-electron chi connectivity index (χ2n) is 9.46. The minimum absolute atomic E-state index is 0.0873. The van der Waals surface area contributed by atoms with Gasteiger partial charge >= 0.3 is 0 Å². The summed E-state index contributed by atoms with van der Waals surface area (Å²) < 4.78 is 12.9. The lowest BCUT2D eigenvalue weighted by Gasteiger charge is -2.32. The molecule has 1 aromatic carbocycles. The van der Waals surface area contributed by atoms with E-state index in [4.69, 9.17) is 21.1 Å². The molecule has 9 heteroatoms. The van der Waals surface area contributed by atoms with Gasteiger partial charge in [-0.05, 0) is 55.9 Å². The number of nitrogens with zero attached hydrogens (tertiary/aromatic N) is 3. The number of aromatic nitrogens is 2. The summed E-state index contributed by atoms with van der Waals surface area (Å²) in [4.78, 5) is 27.0. The number of hydrogen-bond donors (Lipinski definition) is 1. The van der Waals surface area contributed by atoms with Crippen molar-refractivity contribution in [3.63, 3.8) is 0 Å². The van der Waals surface area contributed by atoms with E-state index >= 15 is 0 Å². The van der Waals surface area contributed by atoms with Crippen LogP contribution in [-0.4, -0.2) is 59.5 Å². The van der Waals surface area contributed by atoms with Crippen LogP contribution >= 0.6 is 11.6 Å². The van der Waals surface area contributed by atoms with Gasteiger partial charge in [0.1, 0.15) is 16.9 Å². The third-order valence-corrected chi connectivity index (χ3v) is 7.18. The predicted octanol–water partition coefficient (Wildman–Crippen LogP) is 3.50. The quantitative estimate of drug-likeness (QED) is 0.644. The first-order valence-electron chi connectivity index (χ1n) is 12.2. The molecular formula is C25H31ClN4O4. The summed E-state index contributed by atoms with van der Waals surface area (Å²) in [7, 11) is 0. The normalized spacial score (nSPS) is 21.3. The van der Waals surface area contributed by atoms with Crippen molar-refractivity contribution in [2.24, 2.45) is 11.8 Å². The average molecular weight is 487 g/mol. The van der Waals surface area contributed by atoms with Crippen molar-refractivity contribution in [1.82, 2.24) is 14.7 Å². The fourth-order valence-electron chi connectivity index (χ4n) is 4.60. The average Bonchev–Trinajstić information content (AvgIpc) is 3.72. The number of piperidine rings is 1. The Labute approximate surface area is 204 Å². The van der Waals surface area contributed by atoms with E-state index in [-0.39, 0.29) is 22.6 Å². The third-order valence-electron chi connectivity index (χ3n) is 6.82. The van der Waals surface area contributed by atoms with E-state index in [9.17, 15) is 9.59 Å². The molecule has 3 aliphatic rings. The smallest absolute Gasteiger partial charge is 0.292 e. The Morgan fingerprint density at radius 1 is 1.15 bits per heavy atom. The second kappa shape index (κ2) is 10.4. The predicted molar refractivity (Wildman–Crippen MR) is 130 cm³/mol. The fraction of sp³-hybridized carbons (Fsp3) is 0.560. The minimum Gasteiger partial charge on any atom is -0.490 e. The first kappa shape index (κ1) is 23.2. The number of halogens is 1. The van der Waals surface area contributed by atoms with Crippen molar-refractivity contribution < 1.29 is 14.3 Å². The summed E-state index contributed by atoms with van der Waals surface area (Å²) in [6, 6.07) is 7.29.